The molecule has 2 atom stereocenters. The van der Waals surface area contributed by atoms with Crippen LogP contribution in [0, 0.1) is 5.92 Å². The van der Waals surface area contributed by atoms with Crippen LogP contribution in [-0.4, -0.2) is 35.7 Å². The molecule has 6 heteroatoms. The number of hydrogen-bond acceptors (Lipinski definition) is 6. The molecular formula is C12H17N3O3. The van der Waals surface area contributed by atoms with E-state index in [-0.39, 0.29) is 11.9 Å². The number of carbonyl (C=O) groups excluding carboxylic acids is 1. The van der Waals surface area contributed by atoms with Crippen LogP contribution in [0.2, 0.25) is 0 Å². The summed E-state index contributed by atoms with van der Waals surface area (Å²) in [7, 11) is 1.29. The topological polar surface area (TPSA) is 87.3 Å². The number of nitrogens with zero attached hydrogens (tertiary/aromatic N) is 2. The van der Waals surface area contributed by atoms with Crippen LogP contribution in [0.3, 0.4) is 0 Å². The summed E-state index contributed by atoms with van der Waals surface area (Å²) < 4.78 is 10.3. The normalized spacial score (nSPS) is 22.8. The van der Waals surface area contributed by atoms with Crippen molar-refractivity contribution in [3.8, 4) is 5.88 Å². The zero-order valence-electron chi connectivity index (χ0n) is 10.3. The second kappa shape index (κ2) is 5.77. The van der Waals surface area contributed by atoms with Crippen molar-refractivity contribution in [2.75, 3.05) is 13.7 Å². The summed E-state index contributed by atoms with van der Waals surface area (Å²) in [5.74, 6) is 0.205. The Bertz CT molecular complexity index is 425. The van der Waals surface area contributed by atoms with E-state index < -0.39 is 5.97 Å². The van der Waals surface area contributed by atoms with E-state index in [0.29, 0.717) is 18.3 Å². The van der Waals surface area contributed by atoms with E-state index in [2.05, 4.69) is 14.7 Å². The maximum atomic E-state index is 11.3. The van der Waals surface area contributed by atoms with E-state index in [1.54, 1.807) is 6.07 Å². The van der Waals surface area contributed by atoms with Crippen LogP contribution in [0.1, 0.15) is 29.9 Å². The minimum atomic E-state index is -0.567. The lowest BCUT2D eigenvalue weighted by Gasteiger charge is -2.19. The molecule has 1 heterocycles. The fraction of sp³-hybridized carbons (Fsp3) is 0.583. The van der Waals surface area contributed by atoms with Crippen molar-refractivity contribution in [2.24, 2.45) is 11.7 Å². The molecule has 1 saturated carbocycles. The van der Waals surface area contributed by atoms with Crippen molar-refractivity contribution in [2.45, 2.75) is 25.4 Å². The number of hydrogen-bond donors (Lipinski definition) is 1. The van der Waals surface area contributed by atoms with Crippen LogP contribution < -0.4 is 10.5 Å². The monoisotopic (exact) mass is 251 g/mol. The van der Waals surface area contributed by atoms with E-state index in [9.17, 15) is 4.79 Å². The molecule has 1 aromatic rings. The lowest BCUT2D eigenvalue weighted by atomic mass is 10.1. The summed E-state index contributed by atoms with van der Waals surface area (Å²) in [6.45, 7) is 0.611. The first-order valence-electron chi connectivity index (χ1n) is 6.02. The summed E-state index contributed by atoms with van der Waals surface area (Å²) in [4.78, 5) is 19.2. The Balaban J connectivity index is 2.07. The largest absolute Gasteiger partial charge is 0.474 e. The van der Waals surface area contributed by atoms with Gasteiger partial charge in [-0.25, -0.2) is 9.78 Å². The second-order valence-corrected chi connectivity index (χ2v) is 4.29. The SMILES string of the molecule is COC(=O)c1nccc(OC2CCCC2CN)n1. The van der Waals surface area contributed by atoms with E-state index in [1.165, 1.54) is 13.3 Å². The summed E-state index contributed by atoms with van der Waals surface area (Å²) in [6, 6.07) is 1.64. The maximum Gasteiger partial charge on any atom is 0.376 e. The molecule has 1 aliphatic rings. The Morgan fingerprint density at radius 1 is 1.56 bits per heavy atom. The predicted molar refractivity (Wildman–Crippen MR) is 64.2 cm³/mol. The van der Waals surface area contributed by atoms with Crippen molar-refractivity contribution in [1.82, 2.24) is 9.97 Å². The van der Waals surface area contributed by atoms with Gasteiger partial charge >= 0.3 is 5.97 Å². The van der Waals surface area contributed by atoms with Gasteiger partial charge in [0, 0.05) is 18.2 Å². The Hall–Kier alpha value is -1.69. The standard InChI is InChI=1S/C12H17N3O3/c1-17-12(16)11-14-6-5-10(15-11)18-9-4-2-3-8(9)7-13/h5-6,8-9H,2-4,7,13H2,1H3. The second-order valence-electron chi connectivity index (χ2n) is 4.29. The number of methoxy groups -OCH3 is 1. The summed E-state index contributed by atoms with van der Waals surface area (Å²) in [6.07, 6.45) is 4.73. The van der Waals surface area contributed by atoms with Gasteiger partial charge in [0.15, 0.2) is 0 Å². The number of ether oxygens (including phenoxy) is 2. The third-order valence-electron chi connectivity index (χ3n) is 3.16. The zero-order valence-corrected chi connectivity index (χ0v) is 10.3. The highest BCUT2D eigenvalue weighted by molar-refractivity contribution is 5.84. The number of aromatic nitrogens is 2. The average molecular weight is 251 g/mol. The molecule has 0 spiro atoms. The molecule has 1 aromatic heterocycles. The summed E-state index contributed by atoms with van der Waals surface area (Å²) in [5, 5.41) is 0. The maximum absolute atomic E-state index is 11.3. The van der Waals surface area contributed by atoms with Crippen molar-refractivity contribution in [3.05, 3.63) is 18.1 Å². The van der Waals surface area contributed by atoms with Gasteiger partial charge in [-0.05, 0) is 25.8 Å². The quantitative estimate of drug-likeness (QED) is 0.795. The molecule has 1 fully saturated rings. The van der Waals surface area contributed by atoms with Crippen LogP contribution >= 0.6 is 0 Å². The number of carbonyl (C=O) groups is 1. The summed E-state index contributed by atoms with van der Waals surface area (Å²) >= 11 is 0. The Labute approximate surface area is 106 Å². The fourth-order valence-electron chi connectivity index (χ4n) is 2.18. The van der Waals surface area contributed by atoms with E-state index in [0.717, 1.165) is 19.3 Å². The third-order valence-corrected chi connectivity index (χ3v) is 3.16. The lowest BCUT2D eigenvalue weighted by molar-refractivity contribution is 0.0583. The third kappa shape index (κ3) is 2.76. The minimum absolute atomic E-state index is 0.0114. The lowest BCUT2D eigenvalue weighted by Crippen LogP contribution is -2.28. The molecule has 0 aromatic carbocycles. The van der Waals surface area contributed by atoms with Gasteiger partial charge in [-0.3, -0.25) is 0 Å². The summed E-state index contributed by atoms with van der Waals surface area (Å²) in [5.41, 5.74) is 5.69. The molecule has 2 N–H and O–H groups in total. The van der Waals surface area contributed by atoms with Crippen molar-refractivity contribution >= 4 is 5.97 Å². The van der Waals surface area contributed by atoms with Crippen LogP contribution in [0.5, 0.6) is 5.88 Å². The molecular weight excluding hydrogens is 234 g/mol. The molecule has 1 aliphatic carbocycles. The molecule has 0 amide bonds. The minimum Gasteiger partial charge on any atom is -0.474 e. The molecule has 2 unspecified atom stereocenters. The Kier molecular flexibility index (Phi) is 4.09. The van der Waals surface area contributed by atoms with Gasteiger partial charge < -0.3 is 15.2 Å². The van der Waals surface area contributed by atoms with E-state index in [4.69, 9.17) is 10.5 Å². The molecule has 0 radical (unpaired) electrons. The van der Waals surface area contributed by atoms with Crippen LogP contribution in [0.25, 0.3) is 0 Å². The van der Waals surface area contributed by atoms with Gasteiger partial charge in [-0.1, -0.05) is 0 Å². The van der Waals surface area contributed by atoms with Gasteiger partial charge in [-0.15, -0.1) is 0 Å². The first-order chi connectivity index (χ1) is 8.74. The predicted octanol–water partition coefficient (Wildman–Crippen LogP) is 0.769. The zero-order chi connectivity index (χ0) is 13.0. The highest BCUT2D eigenvalue weighted by Gasteiger charge is 2.28. The molecule has 0 aliphatic heterocycles. The molecule has 2 rings (SSSR count). The highest BCUT2D eigenvalue weighted by atomic mass is 16.5. The van der Waals surface area contributed by atoms with Gasteiger partial charge in [-0.2, -0.15) is 4.98 Å². The Morgan fingerprint density at radius 2 is 2.39 bits per heavy atom. The van der Waals surface area contributed by atoms with Gasteiger partial charge in [0.1, 0.15) is 6.10 Å². The van der Waals surface area contributed by atoms with Crippen LogP contribution in [0.15, 0.2) is 12.3 Å². The molecule has 0 bridgehead atoms. The smallest absolute Gasteiger partial charge is 0.376 e. The van der Waals surface area contributed by atoms with Crippen molar-refractivity contribution < 1.29 is 14.3 Å². The highest BCUT2D eigenvalue weighted by Crippen LogP contribution is 2.28. The van der Waals surface area contributed by atoms with Crippen LogP contribution in [0.4, 0.5) is 0 Å². The molecule has 6 nitrogen and oxygen atoms in total. The van der Waals surface area contributed by atoms with Crippen molar-refractivity contribution in [1.29, 1.82) is 0 Å². The van der Waals surface area contributed by atoms with Crippen LogP contribution in [-0.2, 0) is 4.74 Å². The fourth-order valence-corrected chi connectivity index (χ4v) is 2.18. The number of esters is 1. The van der Waals surface area contributed by atoms with Crippen molar-refractivity contribution in [3.63, 3.8) is 0 Å². The van der Waals surface area contributed by atoms with E-state index in [1.807, 2.05) is 0 Å². The Morgan fingerprint density at radius 3 is 3.11 bits per heavy atom. The first-order valence-corrected chi connectivity index (χ1v) is 6.02. The van der Waals surface area contributed by atoms with Gasteiger partial charge in [0.25, 0.3) is 0 Å². The number of nitrogens with two attached hydrogens (primary N) is 1. The molecule has 0 saturated heterocycles. The number of rotatable bonds is 4. The average Bonchev–Trinajstić information content (AvgIpc) is 2.85. The molecule has 18 heavy (non-hydrogen) atoms. The first kappa shape index (κ1) is 12.8. The molecule has 98 valence electrons. The van der Waals surface area contributed by atoms with E-state index >= 15 is 0 Å². The van der Waals surface area contributed by atoms with Gasteiger partial charge in [0.2, 0.25) is 11.7 Å². The van der Waals surface area contributed by atoms with Gasteiger partial charge in [0.05, 0.1) is 7.11 Å².